The van der Waals surface area contributed by atoms with Gasteiger partial charge in [0.05, 0.1) is 0 Å². The van der Waals surface area contributed by atoms with E-state index < -0.39 is 0 Å². The van der Waals surface area contributed by atoms with Gasteiger partial charge in [-0.2, -0.15) is 0 Å². The van der Waals surface area contributed by atoms with Gasteiger partial charge in [-0.05, 0) is 18.6 Å². The average Bonchev–Trinajstić information content (AvgIpc) is 2.17. The van der Waals surface area contributed by atoms with Crippen LogP contribution in [0.4, 0.5) is 0 Å². The molecule has 0 fully saturated rings. The van der Waals surface area contributed by atoms with E-state index >= 15 is 0 Å². The highest BCUT2D eigenvalue weighted by Gasteiger charge is 2.01. The highest BCUT2D eigenvalue weighted by Crippen LogP contribution is 2.20. The summed E-state index contributed by atoms with van der Waals surface area (Å²) in [7, 11) is 0. The molecule has 0 atom stereocenters. The summed E-state index contributed by atoms with van der Waals surface area (Å²) in [6, 6.07) is 9.73. The van der Waals surface area contributed by atoms with Crippen molar-refractivity contribution in [1.29, 1.82) is 0 Å². The van der Waals surface area contributed by atoms with Gasteiger partial charge in [0.15, 0.2) is 5.78 Å². The molecular weight excluding hydrogens is 252 g/mol. The molecule has 0 aromatic heterocycles. The van der Waals surface area contributed by atoms with Crippen molar-refractivity contribution in [2.24, 2.45) is 0 Å². The largest absolute Gasteiger partial charge is 0.294 e. The molecule has 2 heteroatoms. The lowest BCUT2D eigenvalue weighted by Gasteiger charge is -1.99. The van der Waals surface area contributed by atoms with Gasteiger partial charge in [-0.15, -0.1) is 0 Å². The van der Waals surface area contributed by atoms with Gasteiger partial charge in [-0.1, -0.05) is 58.4 Å². The predicted octanol–water partition coefficient (Wildman–Crippen LogP) is 3.96. The first kappa shape index (κ1) is 11.9. The zero-order valence-corrected chi connectivity index (χ0v) is 10.3. The first-order valence-electron chi connectivity index (χ1n) is 4.69. The average molecular weight is 265 g/mol. The third-order valence-electron chi connectivity index (χ3n) is 1.81. The Morgan fingerprint density at radius 1 is 1.40 bits per heavy atom. The molecule has 1 rings (SSSR count). The maximum absolute atomic E-state index is 11.5. The lowest BCUT2D eigenvalue weighted by Crippen LogP contribution is -1.93. The van der Waals surface area contributed by atoms with E-state index in [1.165, 1.54) is 0 Å². The van der Waals surface area contributed by atoms with E-state index in [9.17, 15) is 4.79 Å². The summed E-state index contributed by atoms with van der Waals surface area (Å²) >= 11 is 3.39. The quantitative estimate of drug-likeness (QED) is 0.595. The van der Waals surface area contributed by atoms with E-state index in [4.69, 9.17) is 0 Å². The molecule has 0 aliphatic rings. The first-order chi connectivity index (χ1) is 7.09. The normalized spacial score (nSPS) is 11.2. The fourth-order valence-corrected chi connectivity index (χ4v) is 1.69. The van der Waals surface area contributed by atoms with Gasteiger partial charge in [0.25, 0.3) is 0 Å². The number of carbonyl (C=O) groups is 1. The van der Waals surface area contributed by atoms with E-state index in [-0.39, 0.29) is 5.78 Å². The highest BCUT2D eigenvalue weighted by molar-refractivity contribution is 9.15. The maximum atomic E-state index is 11.5. The zero-order chi connectivity index (χ0) is 11.3. The van der Waals surface area contributed by atoms with Crippen molar-refractivity contribution in [2.45, 2.75) is 13.3 Å². The summed E-state index contributed by atoms with van der Waals surface area (Å²) in [5, 5.41) is 0. The minimum absolute atomic E-state index is 0.0678. The van der Waals surface area contributed by atoms with Crippen molar-refractivity contribution in [2.75, 3.05) is 0 Å². The molecule has 1 aromatic carbocycles. The third-order valence-corrected chi connectivity index (χ3v) is 2.50. The molecule has 78 valence electrons. The Kier molecular flexibility index (Phi) is 4.50. The fraction of sp³-hybridized carbons (Fsp3) is 0.154. The van der Waals surface area contributed by atoms with E-state index in [2.05, 4.69) is 22.5 Å². The van der Waals surface area contributed by atoms with Crippen LogP contribution in [-0.4, -0.2) is 5.78 Å². The monoisotopic (exact) mass is 264 g/mol. The van der Waals surface area contributed by atoms with Crippen LogP contribution in [0.3, 0.4) is 0 Å². The summed E-state index contributed by atoms with van der Waals surface area (Å²) in [6.45, 7) is 5.56. The van der Waals surface area contributed by atoms with Gasteiger partial charge in [0.1, 0.15) is 0 Å². The van der Waals surface area contributed by atoms with Gasteiger partial charge in [0.2, 0.25) is 0 Å². The van der Waals surface area contributed by atoms with Crippen molar-refractivity contribution >= 4 is 26.2 Å². The Hall–Kier alpha value is -1.15. The molecule has 0 aliphatic carbocycles. The van der Waals surface area contributed by atoms with E-state index in [0.717, 1.165) is 15.6 Å². The van der Waals surface area contributed by atoms with Crippen molar-refractivity contribution in [3.8, 4) is 0 Å². The van der Waals surface area contributed by atoms with Crippen LogP contribution in [0, 0.1) is 0 Å². The van der Waals surface area contributed by atoms with Gasteiger partial charge in [0, 0.05) is 10.9 Å². The van der Waals surface area contributed by atoms with Crippen LogP contribution in [0.5, 0.6) is 0 Å². The Labute approximate surface area is 98.6 Å². The summed E-state index contributed by atoms with van der Waals surface area (Å²) in [5.41, 5.74) is 1.89. The Morgan fingerprint density at radius 2 is 2.00 bits per heavy atom. The summed E-state index contributed by atoms with van der Waals surface area (Å²) in [6.07, 6.45) is 2.01. The second-order valence-electron chi connectivity index (χ2n) is 3.46. The molecule has 0 radical (unpaired) electrons. The van der Waals surface area contributed by atoms with Crippen LogP contribution in [0.1, 0.15) is 18.9 Å². The SMILES string of the molecule is C=C(C)CC(=O)C=C(Br)c1ccccc1. The van der Waals surface area contributed by atoms with E-state index in [1.54, 1.807) is 6.08 Å². The maximum Gasteiger partial charge on any atom is 0.160 e. The molecule has 0 heterocycles. The molecule has 0 bridgehead atoms. The minimum Gasteiger partial charge on any atom is -0.294 e. The van der Waals surface area contributed by atoms with Crippen LogP contribution in [0.2, 0.25) is 0 Å². The smallest absolute Gasteiger partial charge is 0.160 e. The molecule has 0 saturated heterocycles. The molecule has 0 saturated carbocycles. The van der Waals surface area contributed by atoms with Gasteiger partial charge >= 0.3 is 0 Å². The molecule has 0 spiro atoms. The molecule has 0 amide bonds. The van der Waals surface area contributed by atoms with Crippen molar-refractivity contribution in [3.63, 3.8) is 0 Å². The Bertz CT molecular complexity index is 390. The number of ketones is 1. The van der Waals surface area contributed by atoms with Gasteiger partial charge < -0.3 is 0 Å². The topological polar surface area (TPSA) is 17.1 Å². The minimum atomic E-state index is 0.0678. The summed E-state index contributed by atoms with van der Waals surface area (Å²) in [4.78, 5) is 11.5. The Morgan fingerprint density at radius 3 is 2.53 bits per heavy atom. The zero-order valence-electron chi connectivity index (χ0n) is 8.66. The fourth-order valence-electron chi connectivity index (χ4n) is 1.17. The number of halogens is 1. The van der Waals surface area contributed by atoms with E-state index in [1.807, 2.05) is 37.3 Å². The number of benzene rings is 1. The van der Waals surface area contributed by atoms with Crippen LogP contribution in [0.25, 0.3) is 4.48 Å². The molecule has 0 aliphatic heterocycles. The summed E-state index contributed by atoms with van der Waals surface area (Å²) in [5.74, 6) is 0.0678. The number of rotatable bonds is 4. The predicted molar refractivity (Wildman–Crippen MR) is 67.8 cm³/mol. The number of hydrogen-bond donors (Lipinski definition) is 0. The molecule has 1 aromatic rings. The van der Waals surface area contributed by atoms with Crippen molar-refractivity contribution in [3.05, 3.63) is 54.1 Å². The third kappa shape index (κ3) is 4.26. The second-order valence-corrected chi connectivity index (χ2v) is 4.31. The first-order valence-corrected chi connectivity index (χ1v) is 5.48. The van der Waals surface area contributed by atoms with E-state index in [0.29, 0.717) is 6.42 Å². The standard InChI is InChI=1S/C13H13BrO/c1-10(2)8-12(15)9-13(14)11-6-4-3-5-7-11/h3-7,9H,1,8H2,2H3. The molecule has 15 heavy (non-hydrogen) atoms. The van der Waals surface area contributed by atoms with Crippen LogP contribution in [0.15, 0.2) is 48.6 Å². The highest BCUT2D eigenvalue weighted by atomic mass is 79.9. The second kappa shape index (κ2) is 5.66. The summed E-state index contributed by atoms with van der Waals surface area (Å²) < 4.78 is 0.814. The number of hydrogen-bond acceptors (Lipinski definition) is 1. The lowest BCUT2D eigenvalue weighted by molar-refractivity contribution is -0.113. The molecule has 0 N–H and O–H groups in total. The molecule has 0 unspecified atom stereocenters. The van der Waals surface area contributed by atoms with Crippen LogP contribution >= 0.6 is 15.9 Å². The van der Waals surface area contributed by atoms with Crippen molar-refractivity contribution in [1.82, 2.24) is 0 Å². The molecular formula is C13H13BrO. The van der Waals surface area contributed by atoms with Crippen LogP contribution in [-0.2, 0) is 4.79 Å². The van der Waals surface area contributed by atoms with Gasteiger partial charge in [-0.25, -0.2) is 0 Å². The Balaban J connectivity index is 2.76. The van der Waals surface area contributed by atoms with Gasteiger partial charge in [-0.3, -0.25) is 4.79 Å². The number of allylic oxidation sites excluding steroid dienone is 2. The number of carbonyl (C=O) groups excluding carboxylic acids is 1. The molecule has 1 nitrogen and oxygen atoms in total. The van der Waals surface area contributed by atoms with Crippen LogP contribution < -0.4 is 0 Å². The lowest BCUT2D eigenvalue weighted by atomic mass is 10.1. The van der Waals surface area contributed by atoms with Crippen molar-refractivity contribution < 1.29 is 4.79 Å².